The van der Waals surface area contributed by atoms with Crippen molar-refractivity contribution in [1.29, 1.82) is 0 Å². The zero-order valence-electron chi connectivity index (χ0n) is 12.8. The van der Waals surface area contributed by atoms with Crippen molar-refractivity contribution in [3.05, 3.63) is 29.6 Å². The number of unbranched alkanes of at least 4 members (excludes halogenated alkanes) is 1. The van der Waals surface area contributed by atoms with E-state index < -0.39 is 0 Å². The van der Waals surface area contributed by atoms with Crippen LogP contribution < -0.4 is 5.73 Å². The molecule has 118 valence electrons. The molecule has 2 rings (SSSR count). The molecule has 0 atom stereocenters. The summed E-state index contributed by atoms with van der Waals surface area (Å²) in [4.78, 5) is 17.0. The van der Waals surface area contributed by atoms with E-state index in [9.17, 15) is 4.79 Å². The summed E-state index contributed by atoms with van der Waals surface area (Å²) in [6, 6.07) is 5.13. The summed E-state index contributed by atoms with van der Waals surface area (Å²) in [5, 5.41) is 7.58. The number of aryl methyl sites for hydroxylation is 1. The number of hydrogen-bond donors (Lipinski definition) is 2. The Hall–Kier alpha value is -2.02. The predicted molar refractivity (Wildman–Crippen MR) is 85.9 cm³/mol. The van der Waals surface area contributed by atoms with Gasteiger partial charge < -0.3 is 10.5 Å². The minimum Gasteiger partial charge on any atom is -0.462 e. The van der Waals surface area contributed by atoms with Gasteiger partial charge in [0.15, 0.2) is 0 Å². The summed E-state index contributed by atoms with van der Waals surface area (Å²) in [6.07, 6.45) is 2.65. The van der Waals surface area contributed by atoms with Crippen LogP contribution in [-0.2, 0) is 11.2 Å². The molecule has 1 heterocycles. The van der Waals surface area contributed by atoms with Gasteiger partial charge in [-0.25, -0.2) is 9.78 Å². The number of H-pyrrole nitrogens is 1. The molecule has 3 N–H and O–H groups in total. The van der Waals surface area contributed by atoms with E-state index in [1.54, 1.807) is 18.2 Å². The number of nitrogens with zero attached hydrogens (tertiary/aromatic N) is 2. The van der Waals surface area contributed by atoms with Crippen molar-refractivity contribution >= 4 is 23.4 Å². The van der Waals surface area contributed by atoms with Crippen LogP contribution in [0.4, 0.5) is 5.69 Å². The lowest BCUT2D eigenvalue weighted by Gasteiger charge is -2.07. The van der Waals surface area contributed by atoms with Gasteiger partial charge in [-0.05, 0) is 36.4 Å². The van der Waals surface area contributed by atoms with Crippen LogP contribution in [0.2, 0.25) is 0 Å². The molecule has 0 aliphatic rings. The Labute approximate surface area is 133 Å². The number of carbonyl (C=O) groups excluding carboxylic acids is 1. The van der Waals surface area contributed by atoms with E-state index in [0.29, 0.717) is 23.0 Å². The molecule has 0 spiro atoms. The first-order valence-corrected chi connectivity index (χ1v) is 8.11. The van der Waals surface area contributed by atoms with Crippen molar-refractivity contribution in [1.82, 2.24) is 15.2 Å². The van der Waals surface area contributed by atoms with Crippen molar-refractivity contribution in [3.8, 4) is 0 Å². The third-order valence-electron chi connectivity index (χ3n) is 3.02. The molecular formula is C15H20N4O2S. The number of benzene rings is 1. The summed E-state index contributed by atoms with van der Waals surface area (Å²) in [5.74, 6) is 0.486. The molecule has 0 aliphatic heterocycles. The van der Waals surface area contributed by atoms with Gasteiger partial charge in [0, 0.05) is 17.0 Å². The largest absolute Gasteiger partial charge is 0.462 e. The van der Waals surface area contributed by atoms with Crippen molar-refractivity contribution in [2.75, 3.05) is 12.3 Å². The molecule has 0 amide bonds. The number of hydrogen-bond acceptors (Lipinski definition) is 6. The Balaban J connectivity index is 2.04. The van der Waals surface area contributed by atoms with E-state index in [-0.39, 0.29) is 5.97 Å². The maximum absolute atomic E-state index is 11.9. The fourth-order valence-electron chi connectivity index (χ4n) is 1.74. The number of nitrogen functional groups attached to an aromatic ring is 1. The number of aromatic nitrogens is 3. The van der Waals surface area contributed by atoms with E-state index in [1.807, 2.05) is 13.8 Å². The summed E-state index contributed by atoms with van der Waals surface area (Å²) >= 11 is 1.36. The second kappa shape index (κ2) is 7.84. The molecule has 0 radical (unpaired) electrons. The molecule has 1 aromatic carbocycles. The minimum absolute atomic E-state index is 0.345. The lowest BCUT2D eigenvalue weighted by Crippen LogP contribution is -2.07. The molecule has 0 bridgehead atoms. The van der Waals surface area contributed by atoms with Crippen molar-refractivity contribution < 1.29 is 9.53 Å². The topological polar surface area (TPSA) is 93.9 Å². The third kappa shape index (κ3) is 4.24. The normalized spacial score (nSPS) is 10.6. The van der Waals surface area contributed by atoms with Gasteiger partial charge in [0.05, 0.1) is 12.2 Å². The molecule has 0 fully saturated rings. The Bertz CT molecular complexity index is 642. The summed E-state index contributed by atoms with van der Waals surface area (Å²) < 4.78 is 5.17. The Morgan fingerprint density at radius 3 is 2.86 bits per heavy atom. The number of nitrogens with two attached hydrogens (primary N) is 1. The first-order valence-electron chi connectivity index (χ1n) is 7.29. The van der Waals surface area contributed by atoms with Crippen LogP contribution >= 0.6 is 11.8 Å². The van der Waals surface area contributed by atoms with Gasteiger partial charge in [0.1, 0.15) is 5.82 Å². The number of esters is 1. The highest BCUT2D eigenvalue weighted by atomic mass is 32.2. The zero-order chi connectivity index (χ0) is 15.9. The van der Waals surface area contributed by atoms with Gasteiger partial charge in [-0.1, -0.05) is 20.3 Å². The number of aromatic amines is 1. The van der Waals surface area contributed by atoms with Gasteiger partial charge in [0.25, 0.3) is 0 Å². The van der Waals surface area contributed by atoms with Crippen LogP contribution in [0.15, 0.2) is 28.3 Å². The van der Waals surface area contributed by atoms with E-state index in [4.69, 9.17) is 10.5 Å². The highest BCUT2D eigenvalue weighted by molar-refractivity contribution is 7.99. The summed E-state index contributed by atoms with van der Waals surface area (Å²) in [5.41, 5.74) is 6.98. The quantitative estimate of drug-likeness (QED) is 0.462. The standard InChI is InChI=1S/C15H20N4O2S/c1-3-5-8-21-14(20)10-6-7-12(11(16)9-10)22-15-17-13(4-2)18-19-15/h6-7,9H,3-5,8,16H2,1-2H3,(H,17,18,19). The third-order valence-corrected chi connectivity index (χ3v) is 3.98. The zero-order valence-corrected chi connectivity index (χ0v) is 13.6. The molecule has 0 unspecified atom stereocenters. The van der Waals surface area contributed by atoms with Gasteiger partial charge >= 0.3 is 5.97 Å². The van der Waals surface area contributed by atoms with Crippen LogP contribution in [-0.4, -0.2) is 27.8 Å². The van der Waals surface area contributed by atoms with Crippen LogP contribution in [0.5, 0.6) is 0 Å². The highest BCUT2D eigenvalue weighted by Gasteiger charge is 2.12. The lowest BCUT2D eigenvalue weighted by molar-refractivity contribution is 0.0499. The van der Waals surface area contributed by atoms with Crippen LogP contribution in [0.3, 0.4) is 0 Å². The van der Waals surface area contributed by atoms with E-state index in [2.05, 4.69) is 15.2 Å². The van der Waals surface area contributed by atoms with Crippen LogP contribution in [0.25, 0.3) is 0 Å². The average molecular weight is 320 g/mol. The maximum atomic E-state index is 11.9. The summed E-state index contributed by atoms with van der Waals surface area (Å²) in [6.45, 7) is 4.48. The fourth-order valence-corrected chi connectivity index (χ4v) is 2.50. The molecule has 1 aromatic heterocycles. The second-order valence-electron chi connectivity index (χ2n) is 4.76. The Morgan fingerprint density at radius 2 is 2.23 bits per heavy atom. The SMILES string of the molecule is CCCCOC(=O)c1ccc(Sc2n[nH]c(CC)n2)c(N)c1. The molecule has 2 aromatic rings. The average Bonchev–Trinajstić information content (AvgIpc) is 2.97. The first kappa shape index (κ1) is 16.4. The monoisotopic (exact) mass is 320 g/mol. The number of carbonyl (C=O) groups is 1. The lowest BCUT2D eigenvalue weighted by atomic mass is 10.2. The fraction of sp³-hybridized carbons (Fsp3) is 0.400. The van der Waals surface area contributed by atoms with Gasteiger partial charge in [0.2, 0.25) is 5.16 Å². The highest BCUT2D eigenvalue weighted by Crippen LogP contribution is 2.30. The molecule has 6 nitrogen and oxygen atoms in total. The van der Waals surface area contributed by atoms with E-state index in [1.165, 1.54) is 11.8 Å². The van der Waals surface area contributed by atoms with Gasteiger partial charge in [-0.15, -0.1) is 5.10 Å². The number of nitrogens with one attached hydrogen (secondary N) is 1. The van der Waals surface area contributed by atoms with Gasteiger partial charge in [-0.3, -0.25) is 5.10 Å². The van der Waals surface area contributed by atoms with Crippen molar-refractivity contribution in [3.63, 3.8) is 0 Å². The molecule has 0 aliphatic carbocycles. The maximum Gasteiger partial charge on any atom is 0.338 e. The molecule has 0 saturated carbocycles. The molecule has 0 saturated heterocycles. The molecule has 22 heavy (non-hydrogen) atoms. The van der Waals surface area contributed by atoms with E-state index >= 15 is 0 Å². The van der Waals surface area contributed by atoms with Gasteiger partial charge in [-0.2, -0.15) is 0 Å². The first-order chi connectivity index (χ1) is 10.6. The number of anilines is 1. The molecule has 7 heteroatoms. The number of rotatable bonds is 7. The van der Waals surface area contributed by atoms with Crippen LogP contribution in [0.1, 0.15) is 42.9 Å². The smallest absolute Gasteiger partial charge is 0.338 e. The Morgan fingerprint density at radius 1 is 1.41 bits per heavy atom. The van der Waals surface area contributed by atoms with E-state index in [0.717, 1.165) is 30.0 Å². The number of ether oxygens (including phenoxy) is 1. The molecular weight excluding hydrogens is 300 g/mol. The minimum atomic E-state index is -0.345. The summed E-state index contributed by atoms with van der Waals surface area (Å²) in [7, 11) is 0. The van der Waals surface area contributed by atoms with Crippen molar-refractivity contribution in [2.24, 2.45) is 0 Å². The van der Waals surface area contributed by atoms with Crippen LogP contribution in [0, 0.1) is 0 Å². The second-order valence-corrected chi connectivity index (χ2v) is 5.77. The van der Waals surface area contributed by atoms with Crippen molar-refractivity contribution in [2.45, 2.75) is 43.2 Å². The Kier molecular flexibility index (Phi) is 5.83. The predicted octanol–water partition coefficient (Wildman–Crippen LogP) is 3.06.